The van der Waals surface area contributed by atoms with Crippen LogP contribution < -0.4 is 19.5 Å². The van der Waals surface area contributed by atoms with E-state index in [-0.39, 0.29) is 5.91 Å². The maximum absolute atomic E-state index is 13.6. The number of ether oxygens (including phenoxy) is 4. The predicted molar refractivity (Wildman–Crippen MR) is 140 cm³/mol. The Morgan fingerprint density at radius 3 is 2.26 bits per heavy atom. The van der Waals surface area contributed by atoms with Gasteiger partial charge in [-0.15, -0.1) is 0 Å². The van der Waals surface area contributed by atoms with Crippen LogP contribution in [-0.2, 0) is 9.53 Å². The van der Waals surface area contributed by atoms with Crippen LogP contribution in [-0.4, -0.2) is 58.4 Å². The first-order valence-electron chi connectivity index (χ1n) is 11.7. The Bertz CT molecular complexity index is 1100. The van der Waals surface area contributed by atoms with Gasteiger partial charge in [-0.05, 0) is 48.6 Å². The van der Waals surface area contributed by atoms with Crippen molar-refractivity contribution in [2.45, 2.75) is 19.3 Å². The van der Waals surface area contributed by atoms with E-state index in [2.05, 4.69) is 44.4 Å². The van der Waals surface area contributed by atoms with Gasteiger partial charge in [0, 0.05) is 46.7 Å². The van der Waals surface area contributed by atoms with Gasteiger partial charge in [-0.1, -0.05) is 28.1 Å². The second kappa shape index (κ2) is 11.6. The first-order valence-corrected chi connectivity index (χ1v) is 12.5. The minimum Gasteiger partial charge on any atom is -0.493 e. The summed E-state index contributed by atoms with van der Waals surface area (Å²) in [5.74, 6) is 1.34. The molecule has 35 heavy (non-hydrogen) atoms. The third-order valence-electron chi connectivity index (χ3n) is 6.20. The zero-order valence-electron chi connectivity index (χ0n) is 20.4. The molecule has 2 aromatic rings. The van der Waals surface area contributed by atoms with Gasteiger partial charge in [0.05, 0.1) is 34.5 Å². The molecular formula is C27H31BrN2O5. The maximum Gasteiger partial charge on any atom is 0.253 e. The Morgan fingerprint density at radius 1 is 1.00 bits per heavy atom. The third-order valence-corrected chi connectivity index (χ3v) is 6.73. The first-order chi connectivity index (χ1) is 17.0. The van der Waals surface area contributed by atoms with Crippen LogP contribution in [0.15, 0.2) is 57.7 Å². The van der Waals surface area contributed by atoms with Crippen LogP contribution in [0.25, 0.3) is 6.08 Å². The van der Waals surface area contributed by atoms with Crippen LogP contribution in [0.1, 0.15) is 24.8 Å². The van der Waals surface area contributed by atoms with Gasteiger partial charge < -0.3 is 29.2 Å². The van der Waals surface area contributed by atoms with Gasteiger partial charge in [0.1, 0.15) is 0 Å². The van der Waals surface area contributed by atoms with E-state index in [1.807, 2.05) is 12.1 Å². The Hall–Kier alpha value is -2.97. The fourth-order valence-electron chi connectivity index (χ4n) is 4.55. The summed E-state index contributed by atoms with van der Waals surface area (Å²) in [6.45, 7) is 2.82. The van der Waals surface area contributed by atoms with Crippen molar-refractivity contribution in [2.75, 3.05) is 52.9 Å². The lowest BCUT2D eigenvalue weighted by atomic mass is 9.88. The molecule has 2 aromatic carbocycles. The van der Waals surface area contributed by atoms with Crippen molar-refractivity contribution in [3.8, 4) is 17.2 Å². The van der Waals surface area contributed by atoms with Gasteiger partial charge in [-0.2, -0.15) is 0 Å². The normalized spacial score (nSPS) is 17.4. The summed E-state index contributed by atoms with van der Waals surface area (Å²) in [5, 5.41) is 3.07. The van der Waals surface area contributed by atoms with Crippen molar-refractivity contribution < 1.29 is 23.7 Å². The molecule has 186 valence electrons. The number of halogens is 1. The quantitative estimate of drug-likeness (QED) is 0.514. The molecule has 1 amide bonds. The van der Waals surface area contributed by atoms with E-state index in [9.17, 15) is 4.79 Å². The zero-order valence-corrected chi connectivity index (χ0v) is 21.9. The number of carbonyl (C=O) groups is 1. The van der Waals surface area contributed by atoms with E-state index in [0.29, 0.717) is 42.6 Å². The SMILES string of the molecule is COc1cc(NC(=O)C2=C(N3CCOCC3)C(=Cc3ccc(Br)cc3)CCC2)cc(OC)c1OC. The number of rotatable bonds is 7. The highest BCUT2D eigenvalue weighted by Gasteiger charge is 2.28. The highest BCUT2D eigenvalue weighted by Crippen LogP contribution is 2.41. The zero-order chi connectivity index (χ0) is 24.8. The lowest BCUT2D eigenvalue weighted by Gasteiger charge is -2.36. The fourth-order valence-corrected chi connectivity index (χ4v) is 4.81. The number of allylic oxidation sites excluding steroid dienone is 1. The molecular weight excluding hydrogens is 512 g/mol. The van der Waals surface area contributed by atoms with Crippen LogP contribution in [0.5, 0.6) is 17.2 Å². The minimum absolute atomic E-state index is 0.123. The van der Waals surface area contributed by atoms with E-state index in [0.717, 1.165) is 47.2 Å². The molecule has 0 spiro atoms. The number of nitrogens with zero attached hydrogens (tertiary/aromatic N) is 1. The number of nitrogens with one attached hydrogen (secondary N) is 1. The number of morpholine rings is 1. The lowest BCUT2D eigenvalue weighted by molar-refractivity contribution is -0.113. The van der Waals surface area contributed by atoms with Crippen LogP contribution in [0, 0.1) is 0 Å². The van der Waals surface area contributed by atoms with Crippen molar-refractivity contribution in [1.29, 1.82) is 0 Å². The van der Waals surface area contributed by atoms with E-state index >= 15 is 0 Å². The molecule has 0 bridgehead atoms. The number of hydrogen-bond acceptors (Lipinski definition) is 6. The molecule has 0 aromatic heterocycles. The summed E-state index contributed by atoms with van der Waals surface area (Å²) < 4.78 is 22.9. The minimum atomic E-state index is -0.123. The van der Waals surface area contributed by atoms with Crippen molar-refractivity contribution >= 4 is 33.6 Å². The Morgan fingerprint density at radius 2 is 1.66 bits per heavy atom. The molecule has 8 heteroatoms. The van der Waals surface area contributed by atoms with Crippen LogP contribution in [0.4, 0.5) is 5.69 Å². The number of anilines is 1. The van der Waals surface area contributed by atoms with E-state index < -0.39 is 0 Å². The standard InChI is InChI=1S/C27H31BrN2O5/c1-32-23-16-21(17-24(33-2)26(23)34-3)29-27(31)22-6-4-5-19(15-18-7-9-20(28)10-8-18)25(22)30-11-13-35-14-12-30/h7-10,15-17H,4-6,11-14H2,1-3H3,(H,29,31). The molecule has 1 saturated heterocycles. The second-order valence-corrected chi connectivity index (χ2v) is 9.29. The maximum atomic E-state index is 13.6. The third kappa shape index (κ3) is 5.82. The molecule has 1 N–H and O–H groups in total. The van der Waals surface area contributed by atoms with Crippen LogP contribution in [0.3, 0.4) is 0 Å². The number of benzene rings is 2. The van der Waals surface area contributed by atoms with Gasteiger partial charge >= 0.3 is 0 Å². The number of carbonyl (C=O) groups excluding carboxylic acids is 1. The number of methoxy groups -OCH3 is 3. The average molecular weight is 543 g/mol. The summed E-state index contributed by atoms with van der Waals surface area (Å²) in [6, 6.07) is 11.7. The molecule has 4 rings (SSSR count). The van der Waals surface area contributed by atoms with Gasteiger partial charge in [-0.3, -0.25) is 4.79 Å². The molecule has 0 radical (unpaired) electrons. The molecule has 1 aliphatic carbocycles. The largest absolute Gasteiger partial charge is 0.493 e. The summed E-state index contributed by atoms with van der Waals surface area (Å²) in [6.07, 6.45) is 4.74. The highest BCUT2D eigenvalue weighted by atomic mass is 79.9. The second-order valence-electron chi connectivity index (χ2n) is 8.37. The Labute approximate surface area is 214 Å². The monoisotopic (exact) mass is 542 g/mol. The van der Waals surface area contributed by atoms with Gasteiger partial charge in [0.2, 0.25) is 5.75 Å². The first kappa shape index (κ1) is 25.1. The van der Waals surface area contributed by atoms with Crippen molar-refractivity contribution in [1.82, 2.24) is 4.90 Å². The summed E-state index contributed by atoms with van der Waals surface area (Å²) in [7, 11) is 4.67. The van der Waals surface area contributed by atoms with E-state index in [1.165, 1.54) is 5.57 Å². The summed E-state index contributed by atoms with van der Waals surface area (Å²) in [4.78, 5) is 15.9. The fraction of sp³-hybridized carbons (Fsp3) is 0.370. The Kier molecular flexibility index (Phi) is 8.36. The predicted octanol–water partition coefficient (Wildman–Crippen LogP) is 5.27. The molecule has 0 atom stereocenters. The molecule has 2 aliphatic rings. The van der Waals surface area contributed by atoms with Gasteiger partial charge in [-0.25, -0.2) is 0 Å². The van der Waals surface area contributed by atoms with Crippen molar-refractivity contribution in [3.63, 3.8) is 0 Å². The number of amides is 1. The molecule has 1 heterocycles. The van der Waals surface area contributed by atoms with Crippen LogP contribution in [0.2, 0.25) is 0 Å². The smallest absolute Gasteiger partial charge is 0.253 e. The highest BCUT2D eigenvalue weighted by molar-refractivity contribution is 9.10. The average Bonchev–Trinajstić information content (AvgIpc) is 2.89. The molecule has 1 aliphatic heterocycles. The van der Waals surface area contributed by atoms with E-state index in [1.54, 1.807) is 33.5 Å². The van der Waals surface area contributed by atoms with Crippen molar-refractivity contribution in [2.24, 2.45) is 0 Å². The summed E-state index contributed by atoms with van der Waals surface area (Å²) >= 11 is 3.50. The lowest BCUT2D eigenvalue weighted by Crippen LogP contribution is -2.38. The van der Waals surface area contributed by atoms with Gasteiger partial charge in [0.25, 0.3) is 5.91 Å². The Balaban J connectivity index is 1.72. The van der Waals surface area contributed by atoms with Gasteiger partial charge in [0.15, 0.2) is 11.5 Å². The van der Waals surface area contributed by atoms with Crippen molar-refractivity contribution in [3.05, 3.63) is 63.3 Å². The molecule has 0 saturated carbocycles. The molecule has 1 fully saturated rings. The number of hydrogen-bond donors (Lipinski definition) is 1. The van der Waals surface area contributed by atoms with Crippen LogP contribution >= 0.6 is 15.9 Å². The topological polar surface area (TPSA) is 69.3 Å². The molecule has 7 nitrogen and oxygen atoms in total. The molecule has 0 unspecified atom stereocenters. The summed E-state index contributed by atoms with van der Waals surface area (Å²) in [5.41, 5.74) is 4.68. The van der Waals surface area contributed by atoms with E-state index in [4.69, 9.17) is 18.9 Å².